The minimum atomic E-state index is -0.306. The van der Waals surface area contributed by atoms with Gasteiger partial charge in [0.1, 0.15) is 5.60 Å². The second kappa shape index (κ2) is 5.31. The first-order valence-electron chi connectivity index (χ1n) is 10.3. The molecule has 5 rings (SSSR count). The largest absolute Gasteiger partial charge is 0.451 e. The number of rotatable bonds is 1. The Kier molecular flexibility index (Phi) is 3.37. The van der Waals surface area contributed by atoms with E-state index < -0.39 is 0 Å². The standard InChI is InChI=1S/C22H29NO2/c1-2-21-10-7-17-16-6-4-15(23)13-14(16)3-5-18(17)19(21)8-11-22(21)12-9-20(24)25-22/h9,12-13,16-19,23H,2-8,10-11H2,1H3/t16-,17?,18?,19?,21-,22+/m0/s1. The Bertz CT molecular complexity index is 692. The lowest BCUT2D eigenvalue weighted by Gasteiger charge is -2.56. The Hall–Kier alpha value is -1.38. The zero-order valence-corrected chi connectivity index (χ0v) is 15.2. The molecule has 134 valence electrons. The fourth-order valence-electron chi connectivity index (χ4n) is 7.65. The maximum absolute atomic E-state index is 11.9. The van der Waals surface area contributed by atoms with Gasteiger partial charge in [-0.15, -0.1) is 0 Å². The normalized spacial score (nSPS) is 48.0. The molecule has 0 radical (unpaired) electrons. The van der Waals surface area contributed by atoms with Crippen molar-refractivity contribution in [3.05, 3.63) is 23.8 Å². The third kappa shape index (κ3) is 1.98. The molecule has 6 atom stereocenters. The van der Waals surface area contributed by atoms with Gasteiger partial charge in [0.05, 0.1) is 0 Å². The summed E-state index contributed by atoms with van der Waals surface area (Å²) in [5.41, 5.74) is 2.27. The van der Waals surface area contributed by atoms with E-state index in [4.69, 9.17) is 10.1 Å². The van der Waals surface area contributed by atoms with Gasteiger partial charge >= 0.3 is 5.97 Å². The van der Waals surface area contributed by atoms with Crippen LogP contribution in [0.4, 0.5) is 0 Å². The summed E-state index contributed by atoms with van der Waals surface area (Å²) in [5, 5.41) is 8.02. The van der Waals surface area contributed by atoms with Crippen LogP contribution in [-0.2, 0) is 9.53 Å². The first-order valence-corrected chi connectivity index (χ1v) is 10.3. The van der Waals surface area contributed by atoms with E-state index in [1.807, 2.05) is 0 Å². The summed E-state index contributed by atoms with van der Waals surface area (Å²) < 4.78 is 5.98. The number of nitrogens with one attached hydrogen (secondary N) is 1. The van der Waals surface area contributed by atoms with Gasteiger partial charge in [-0.25, -0.2) is 4.79 Å². The Morgan fingerprint density at radius 2 is 2.04 bits per heavy atom. The van der Waals surface area contributed by atoms with Crippen molar-refractivity contribution in [1.82, 2.24) is 0 Å². The fourth-order valence-corrected chi connectivity index (χ4v) is 7.65. The SMILES string of the molecule is CC[C@]12CCC3C(CCC4=CC(=N)CC[C@@H]43)C1CC[C@@]21C=CC(=O)O1. The van der Waals surface area contributed by atoms with Crippen LogP contribution in [0.2, 0.25) is 0 Å². The number of carbonyl (C=O) groups is 1. The van der Waals surface area contributed by atoms with Crippen molar-refractivity contribution < 1.29 is 9.53 Å². The molecule has 0 saturated heterocycles. The summed E-state index contributed by atoms with van der Waals surface area (Å²) in [4.78, 5) is 11.9. The molecule has 5 aliphatic rings. The van der Waals surface area contributed by atoms with E-state index in [0.717, 1.165) is 42.7 Å². The summed E-state index contributed by atoms with van der Waals surface area (Å²) in [5.74, 6) is 2.88. The number of esters is 1. The van der Waals surface area contributed by atoms with Gasteiger partial charge in [0.15, 0.2) is 0 Å². The third-order valence-corrected chi connectivity index (χ3v) is 8.62. The Labute approximate surface area is 150 Å². The predicted molar refractivity (Wildman–Crippen MR) is 97.4 cm³/mol. The summed E-state index contributed by atoms with van der Waals surface area (Å²) in [6.07, 6.45) is 16.5. The van der Waals surface area contributed by atoms with Crippen LogP contribution in [0.1, 0.15) is 64.7 Å². The molecule has 1 aliphatic heterocycles. The summed E-state index contributed by atoms with van der Waals surface area (Å²) in [6.45, 7) is 2.32. The average Bonchev–Trinajstić information content (AvgIpc) is 3.16. The second-order valence-electron chi connectivity index (χ2n) is 9.09. The number of allylic oxidation sites excluding steroid dienone is 2. The highest BCUT2D eigenvalue weighted by molar-refractivity contribution is 5.93. The monoisotopic (exact) mass is 339 g/mol. The van der Waals surface area contributed by atoms with Crippen LogP contribution < -0.4 is 0 Å². The van der Waals surface area contributed by atoms with E-state index in [0.29, 0.717) is 5.92 Å². The molecule has 4 aliphatic carbocycles. The minimum Gasteiger partial charge on any atom is -0.451 e. The van der Waals surface area contributed by atoms with Crippen LogP contribution >= 0.6 is 0 Å². The molecule has 0 aromatic rings. The molecule has 25 heavy (non-hydrogen) atoms. The Balaban J connectivity index is 1.49. The smallest absolute Gasteiger partial charge is 0.331 e. The van der Waals surface area contributed by atoms with Gasteiger partial charge in [0.2, 0.25) is 0 Å². The second-order valence-corrected chi connectivity index (χ2v) is 9.09. The van der Waals surface area contributed by atoms with E-state index >= 15 is 0 Å². The molecule has 0 bridgehead atoms. The highest BCUT2D eigenvalue weighted by Gasteiger charge is 2.66. The minimum absolute atomic E-state index is 0.129. The number of fused-ring (bicyclic) bond motifs is 6. The highest BCUT2D eigenvalue weighted by atomic mass is 16.6. The lowest BCUT2D eigenvalue weighted by Crippen LogP contribution is -2.53. The van der Waals surface area contributed by atoms with Crippen LogP contribution in [0.15, 0.2) is 23.8 Å². The van der Waals surface area contributed by atoms with Crippen molar-refractivity contribution in [2.75, 3.05) is 0 Å². The van der Waals surface area contributed by atoms with Gasteiger partial charge in [0.25, 0.3) is 0 Å². The predicted octanol–water partition coefficient (Wildman–Crippen LogP) is 4.82. The van der Waals surface area contributed by atoms with Gasteiger partial charge in [-0.3, -0.25) is 0 Å². The van der Waals surface area contributed by atoms with E-state index in [-0.39, 0.29) is 17.0 Å². The molecule has 0 aromatic heterocycles. The molecule has 0 amide bonds. The molecule has 0 aromatic carbocycles. The van der Waals surface area contributed by atoms with Gasteiger partial charge in [0, 0.05) is 17.2 Å². The summed E-state index contributed by atoms with van der Waals surface area (Å²) in [7, 11) is 0. The first kappa shape index (κ1) is 15.8. The fraction of sp³-hybridized carbons (Fsp3) is 0.727. The molecule has 3 nitrogen and oxygen atoms in total. The van der Waals surface area contributed by atoms with Crippen LogP contribution in [0.5, 0.6) is 0 Å². The van der Waals surface area contributed by atoms with E-state index in [1.165, 1.54) is 38.5 Å². The quantitative estimate of drug-likeness (QED) is 0.696. The van der Waals surface area contributed by atoms with Gasteiger partial charge in [-0.05, 0) is 93.6 Å². The van der Waals surface area contributed by atoms with Crippen LogP contribution in [0, 0.1) is 34.5 Å². The third-order valence-electron chi connectivity index (χ3n) is 8.62. The molecule has 1 N–H and O–H groups in total. The van der Waals surface area contributed by atoms with Crippen LogP contribution in [0.25, 0.3) is 0 Å². The topological polar surface area (TPSA) is 50.2 Å². The average molecular weight is 339 g/mol. The van der Waals surface area contributed by atoms with Crippen LogP contribution in [-0.4, -0.2) is 17.3 Å². The van der Waals surface area contributed by atoms with Gasteiger partial charge < -0.3 is 10.1 Å². The van der Waals surface area contributed by atoms with E-state index in [2.05, 4.69) is 19.1 Å². The lowest BCUT2D eigenvalue weighted by atomic mass is 9.49. The summed E-state index contributed by atoms with van der Waals surface area (Å²) in [6, 6.07) is 0. The molecular weight excluding hydrogens is 310 g/mol. The van der Waals surface area contributed by atoms with E-state index in [1.54, 1.807) is 11.6 Å². The van der Waals surface area contributed by atoms with Crippen molar-refractivity contribution >= 4 is 11.7 Å². The molecule has 3 fully saturated rings. The van der Waals surface area contributed by atoms with Crippen molar-refractivity contribution in [3.8, 4) is 0 Å². The highest BCUT2D eigenvalue weighted by Crippen LogP contribution is 2.68. The van der Waals surface area contributed by atoms with Crippen molar-refractivity contribution in [1.29, 1.82) is 5.41 Å². The van der Waals surface area contributed by atoms with Crippen LogP contribution in [0.3, 0.4) is 0 Å². The molecule has 1 spiro atoms. The molecule has 3 heteroatoms. The van der Waals surface area contributed by atoms with Crippen molar-refractivity contribution in [2.24, 2.45) is 29.1 Å². The van der Waals surface area contributed by atoms with E-state index in [9.17, 15) is 4.79 Å². The maximum Gasteiger partial charge on any atom is 0.331 e. The zero-order chi connectivity index (χ0) is 17.2. The molecule has 3 saturated carbocycles. The lowest BCUT2D eigenvalue weighted by molar-refractivity contribution is -0.164. The number of carbonyl (C=O) groups excluding carboxylic acids is 1. The number of ether oxygens (including phenoxy) is 1. The zero-order valence-electron chi connectivity index (χ0n) is 15.2. The molecular formula is C22H29NO2. The first-order chi connectivity index (χ1) is 12.1. The van der Waals surface area contributed by atoms with Crippen molar-refractivity contribution in [2.45, 2.75) is 70.3 Å². The van der Waals surface area contributed by atoms with Gasteiger partial charge in [-0.2, -0.15) is 0 Å². The molecule has 1 heterocycles. The van der Waals surface area contributed by atoms with Gasteiger partial charge in [-0.1, -0.05) is 12.5 Å². The Morgan fingerprint density at radius 1 is 1.16 bits per heavy atom. The number of hydrogen-bond donors (Lipinski definition) is 1. The maximum atomic E-state index is 11.9. The Morgan fingerprint density at radius 3 is 2.80 bits per heavy atom. The van der Waals surface area contributed by atoms with Crippen molar-refractivity contribution in [3.63, 3.8) is 0 Å². The number of hydrogen-bond acceptors (Lipinski definition) is 3. The molecule has 3 unspecified atom stereocenters. The summed E-state index contributed by atoms with van der Waals surface area (Å²) >= 11 is 0.